The van der Waals surface area contributed by atoms with Crippen LogP contribution >= 0.6 is 23.4 Å². The summed E-state index contributed by atoms with van der Waals surface area (Å²) in [7, 11) is 0. The highest BCUT2D eigenvalue weighted by Gasteiger charge is 2.28. The number of para-hydroxylation sites is 1. The topological polar surface area (TPSA) is 37.4 Å². The van der Waals surface area contributed by atoms with Crippen molar-refractivity contribution in [2.75, 3.05) is 17.3 Å². The van der Waals surface area contributed by atoms with Gasteiger partial charge in [0, 0.05) is 17.4 Å². The molecule has 0 radical (unpaired) electrons. The van der Waals surface area contributed by atoms with Crippen LogP contribution in [0.2, 0.25) is 0 Å². The molecule has 3 nitrogen and oxygen atoms in total. The summed E-state index contributed by atoms with van der Waals surface area (Å²) in [6, 6.07) is 7.69. The Morgan fingerprint density at radius 2 is 1.88 bits per heavy atom. The maximum Gasteiger partial charge on any atom is 0.230 e. The summed E-state index contributed by atoms with van der Waals surface area (Å²) in [5, 5.41) is -0.0944. The van der Waals surface area contributed by atoms with Gasteiger partial charge < -0.3 is 4.90 Å². The maximum atomic E-state index is 13.2. The lowest BCUT2D eigenvalue weighted by molar-refractivity contribution is -0.123. The number of nitrogens with zero attached hydrogens (tertiary/aromatic N) is 1. The molecule has 0 aliphatic heterocycles. The Morgan fingerprint density at radius 3 is 2.52 bits per heavy atom. The van der Waals surface area contributed by atoms with Crippen LogP contribution in [0.15, 0.2) is 29.2 Å². The molecule has 1 fully saturated rings. The number of thioether (sulfide) groups is 1. The number of benzene rings is 1. The van der Waals surface area contributed by atoms with Crippen LogP contribution in [0, 0.1) is 11.8 Å². The van der Waals surface area contributed by atoms with E-state index < -0.39 is 0 Å². The number of carbonyl (C=O) groups excluding carboxylic acids is 2. The van der Waals surface area contributed by atoms with Crippen LogP contribution in [0.1, 0.15) is 52.4 Å². The molecule has 0 unspecified atom stereocenters. The van der Waals surface area contributed by atoms with Gasteiger partial charge in [0.05, 0.1) is 11.6 Å². The Bertz CT molecular complexity index is 585. The smallest absolute Gasteiger partial charge is 0.230 e. The Hall–Kier alpha value is -1.00. The molecule has 1 aliphatic rings. The Morgan fingerprint density at radius 1 is 1.20 bits per heavy atom. The van der Waals surface area contributed by atoms with Gasteiger partial charge in [0.2, 0.25) is 11.0 Å². The van der Waals surface area contributed by atoms with E-state index in [9.17, 15) is 9.59 Å². The second-order valence-corrected chi connectivity index (χ2v) is 8.45. The SMILES string of the molecule is CC(C)CCN(C(=O)C1CCCCC1)c1ccccc1SC(=O)CCl. The van der Waals surface area contributed by atoms with Crippen molar-refractivity contribution in [3.63, 3.8) is 0 Å². The summed E-state index contributed by atoms with van der Waals surface area (Å²) in [4.78, 5) is 27.8. The van der Waals surface area contributed by atoms with Crippen molar-refractivity contribution in [3.8, 4) is 0 Å². The zero-order chi connectivity index (χ0) is 18.2. The zero-order valence-corrected chi connectivity index (χ0v) is 16.7. The molecule has 5 heteroatoms. The van der Waals surface area contributed by atoms with E-state index in [4.69, 9.17) is 11.6 Å². The average molecular weight is 382 g/mol. The number of alkyl halides is 1. The van der Waals surface area contributed by atoms with Gasteiger partial charge in [-0.25, -0.2) is 0 Å². The van der Waals surface area contributed by atoms with Gasteiger partial charge in [-0.3, -0.25) is 9.59 Å². The van der Waals surface area contributed by atoms with E-state index in [1.807, 2.05) is 29.2 Å². The summed E-state index contributed by atoms with van der Waals surface area (Å²) in [5.41, 5.74) is 0.849. The van der Waals surface area contributed by atoms with E-state index in [0.717, 1.165) is 54.4 Å². The van der Waals surface area contributed by atoms with Crippen LogP contribution in [-0.2, 0) is 9.59 Å². The highest BCUT2D eigenvalue weighted by molar-refractivity contribution is 8.14. The van der Waals surface area contributed by atoms with Gasteiger partial charge in [0.15, 0.2) is 0 Å². The number of rotatable bonds is 7. The average Bonchev–Trinajstić information content (AvgIpc) is 2.63. The van der Waals surface area contributed by atoms with Gasteiger partial charge >= 0.3 is 0 Å². The number of hydrogen-bond donors (Lipinski definition) is 0. The number of halogens is 1. The fourth-order valence-electron chi connectivity index (χ4n) is 3.22. The minimum absolute atomic E-state index is 0.0262. The van der Waals surface area contributed by atoms with E-state index in [0.29, 0.717) is 12.5 Å². The molecule has 0 saturated heterocycles. The molecule has 0 heterocycles. The second kappa shape index (κ2) is 10.2. The summed E-state index contributed by atoms with van der Waals surface area (Å²) < 4.78 is 0. The lowest BCUT2D eigenvalue weighted by Gasteiger charge is -2.31. The summed E-state index contributed by atoms with van der Waals surface area (Å²) >= 11 is 6.80. The molecule has 1 amide bonds. The van der Waals surface area contributed by atoms with Gasteiger partial charge in [0.1, 0.15) is 0 Å². The van der Waals surface area contributed by atoms with Gasteiger partial charge in [-0.1, -0.05) is 45.2 Å². The highest BCUT2D eigenvalue weighted by atomic mass is 35.5. The number of carbonyl (C=O) groups is 2. The van der Waals surface area contributed by atoms with Crippen molar-refractivity contribution in [1.29, 1.82) is 0 Å². The molecule has 0 spiro atoms. The fourth-order valence-corrected chi connectivity index (χ4v) is 4.12. The number of hydrogen-bond acceptors (Lipinski definition) is 3. The monoisotopic (exact) mass is 381 g/mol. The van der Waals surface area contributed by atoms with Crippen LogP contribution in [-0.4, -0.2) is 23.4 Å². The van der Waals surface area contributed by atoms with Crippen LogP contribution in [0.25, 0.3) is 0 Å². The normalized spacial score (nSPS) is 15.4. The highest BCUT2D eigenvalue weighted by Crippen LogP contribution is 2.34. The van der Waals surface area contributed by atoms with E-state index in [1.54, 1.807) is 0 Å². The molecule has 1 aliphatic carbocycles. The quantitative estimate of drug-likeness (QED) is 0.462. The van der Waals surface area contributed by atoms with Gasteiger partial charge in [-0.15, -0.1) is 11.6 Å². The van der Waals surface area contributed by atoms with Crippen LogP contribution < -0.4 is 4.90 Å². The van der Waals surface area contributed by atoms with Crippen LogP contribution in [0.5, 0.6) is 0 Å². The third-order valence-corrected chi connectivity index (χ3v) is 5.98. The number of anilines is 1. The predicted molar refractivity (Wildman–Crippen MR) is 106 cm³/mol. The molecule has 25 heavy (non-hydrogen) atoms. The first-order chi connectivity index (χ1) is 12.0. The van der Waals surface area contributed by atoms with Crippen molar-refractivity contribution >= 4 is 40.1 Å². The third-order valence-electron chi connectivity index (χ3n) is 4.64. The molecule has 1 aromatic rings. The largest absolute Gasteiger partial charge is 0.311 e. The van der Waals surface area contributed by atoms with Crippen molar-refractivity contribution in [3.05, 3.63) is 24.3 Å². The molecule has 0 aromatic heterocycles. The van der Waals surface area contributed by atoms with Crippen LogP contribution in [0.3, 0.4) is 0 Å². The molecule has 1 saturated carbocycles. The Balaban J connectivity index is 2.28. The van der Waals surface area contributed by atoms with Crippen molar-refractivity contribution in [2.24, 2.45) is 11.8 Å². The van der Waals surface area contributed by atoms with Crippen LogP contribution in [0.4, 0.5) is 5.69 Å². The zero-order valence-electron chi connectivity index (χ0n) is 15.2. The van der Waals surface area contributed by atoms with Gasteiger partial charge in [-0.05, 0) is 49.1 Å². The third kappa shape index (κ3) is 6.03. The molecule has 1 aromatic carbocycles. The summed E-state index contributed by atoms with van der Waals surface area (Å²) in [5.74, 6) is 0.821. The molecule has 138 valence electrons. The van der Waals surface area contributed by atoms with E-state index in [1.165, 1.54) is 6.42 Å². The van der Waals surface area contributed by atoms with Crippen molar-refractivity contribution < 1.29 is 9.59 Å². The van der Waals surface area contributed by atoms with Gasteiger partial charge in [-0.2, -0.15) is 0 Å². The number of amides is 1. The minimum atomic E-state index is -0.0944. The molecular weight excluding hydrogens is 354 g/mol. The molecular formula is C20H28ClNO2S. The standard InChI is InChI=1S/C20H28ClNO2S/c1-15(2)12-13-22(20(24)16-8-4-3-5-9-16)17-10-6-7-11-18(17)25-19(23)14-21/h6-7,10-11,15-16H,3-5,8-9,12-14H2,1-2H3. The fraction of sp³-hybridized carbons (Fsp3) is 0.600. The summed E-state index contributed by atoms with van der Waals surface area (Å²) in [6.45, 7) is 5.03. The first-order valence-electron chi connectivity index (χ1n) is 9.20. The van der Waals surface area contributed by atoms with Gasteiger partial charge in [0.25, 0.3) is 0 Å². The lowest BCUT2D eigenvalue weighted by atomic mass is 9.88. The van der Waals surface area contributed by atoms with E-state index >= 15 is 0 Å². The van der Waals surface area contributed by atoms with Crippen molar-refractivity contribution in [1.82, 2.24) is 0 Å². The van der Waals surface area contributed by atoms with E-state index in [-0.39, 0.29) is 22.8 Å². The molecule has 2 rings (SSSR count). The second-order valence-electron chi connectivity index (χ2n) is 7.08. The summed E-state index contributed by atoms with van der Waals surface area (Å²) in [6.07, 6.45) is 6.40. The Kier molecular flexibility index (Phi) is 8.31. The predicted octanol–water partition coefficient (Wildman–Crippen LogP) is 5.50. The molecule has 0 N–H and O–H groups in total. The maximum absolute atomic E-state index is 13.2. The Labute approximate surface area is 160 Å². The van der Waals surface area contributed by atoms with E-state index in [2.05, 4.69) is 13.8 Å². The lowest BCUT2D eigenvalue weighted by Crippen LogP contribution is -2.38. The minimum Gasteiger partial charge on any atom is -0.311 e. The first-order valence-corrected chi connectivity index (χ1v) is 10.5. The first kappa shape index (κ1) is 20.3. The van der Waals surface area contributed by atoms with Crippen molar-refractivity contribution in [2.45, 2.75) is 57.3 Å². The molecule has 0 bridgehead atoms. The molecule has 0 atom stereocenters.